The van der Waals surface area contributed by atoms with E-state index in [9.17, 15) is 0 Å². The number of fused-ring (bicyclic) bond motifs is 1. The highest BCUT2D eigenvalue weighted by atomic mass is 15.4. The van der Waals surface area contributed by atoms with Crippen LogP contribution in [0.25, 0.3) is 5.65 Å². The molecule has 0 saturated heterocycles. The van der Waals surface area contributed by atoms with Crippen molar-refractivity contribution in [3.8, 4) is 0 Å². The summed E-state index contributed by atoms with van der Waals surface area (Å²) in [6.07, 6.45) is 6.50. The number of nitrogens with zero attached hydrogens (tertiary/aromatic N) is 4. The van der Waals surface area contributed by atoms with Crippen molar-refractivity contribution in [2.24, 2.45) is 5.92 Å². The Kier molecular flexibility index (Phi) is 3.36. The minimum atomic E-state index is 0.556. The molecule has 5 heteroatoms. The lowest BCUT2D eigenvalue weighted by Crippen LogP contribution is -2.27. The number of aryl methyl sites for hydroxylation is 1. The largest absolute Gasteiger partial charge is 0.366 e. The normalized spacial score (nSPS) is 23.7. The summed E-state index contributed by atoms with van der Waals surface area (Å²) >= 11 is 0. The van der Waals surface area contributed by atoms with Gasteiger partial charge in [0, 0.05) is 6.04 Å². The molecule has 1 saturated carbocycles. The van der Waals surface area contributed by atoms with Crippen molar-refractivity contribution in [2.75, 3.05) is 5.32 Å². The lowest BCUT2D eigenvalue weighted by Gasteiger charge is -2.29. The molecule has 1 aliphatic rings. The molecule has 2 atom stereocenters. The van der Waals surface area contributed by atoms with E-state index in [0.29, 0.717) is 6.04 Å². The van der Waals surface area contributed by atoms with Gasteiger partial charge in [-0.05, 0) is 37.8 Å². The first-order chi connectivity index (χ1) is 9.26. The Balaban J connectivity index is 1.75. The van der Waals surface area contributed by atoms with Crippen LogP contribution in [0.2, 0.25) is 0 Å². The molecule has 0 aromatic carbocycles. The van der Waals surface area contributed by atoms with Gasteiger partial charge in [0.05, 0.1) is 0 Å². The number of hydrogen-bond donors (Lipinski definition) is 1. The minimum Gasteiger partial charge on any atom is -0.366 e. The van der Waals surface area contributed by atoms with Crippen LogP contribution in [-0.4, -0.2) is 25.9 Å². The lowest BCUT2D eigenvalue weighted by molar-refractivity contribution is 0.327. The summed E-state index contributed by atoms with van der Waals surface area (Å²) in [6.45, 7) is 4.21. The second kappa shape index (κ2) is 5.15. The van der Waals surface area contributed by atoms with Gasteiger partial charge in [-0.3, -0.25) is 0 Å². The first kappa shape index (κ1) is 12.4. The van der Waals surface area contributed by atoms with Crippen LogP contribution in [0.5, 0.6) is 0 Å². The van der Waals surface area contributed by atoms with Crippen LogP contribution in [-0.2, 0) is 0 Å². The Hall–Kier alpha value is -1.65. The van der Waals surface area contributed by atoms with Crippen LogP contribution in [0.15, 0.2) is 12.1 Å². The van der Waals surface area contributed by atoms with Crippen molar-refractivity contribution in [1.29, 1.82) is 0 Å². The third-order valence-corrected chi connectivity index (χ3v) is 4.13. The van der Waals surface area contributed by atoms with Crippen LogP contribution >= 0.6 is 0 Å². The minimum absolute atomic E-state index is 0.556. The van der Waals surface area contributed by atoms with Crippen LogP contribution < -0.4 is 5.32 Å². The maximum atomic E-state index is 4.56. The molecule has 0 bridgehead atoms. The Morgan fingerprint density at radius 1 is 1.32 bits per heavy atom. The van der Waals surface area contributed by atoms with E-state index in [1.54, 1.807) is 4.52 Å². The molecule has 0 amide bonds. The van der Waals surface area contributed by atoms with Gasteiger partial charge in [0.2, 0.25) is 0 Å². The highest BCUT2D eigenvalue weighted by molar-refractivity contribution is 5.44. The second-order valence-electron chi connectivity index (χ2n) is 5.52. The molecule has 0 radical (unpaired) electrons. The van der Waals surface area contributed by atoms with Gasteiger partial charge in [0.25, 0.3) is 0 Å². The van der Waals surface area contributed by atoms with Crippen molar-refractivity contribution >= 4 is 11.5 Å². The number of rotatable bonds is 3. The van der Waals surface area contributed by atoms with E-state index in [0.717, 1.165) is 23.2 Å². The smallest absolute Gasteiger partial charge is 0.178 e. The quantitative estimate of drug-likeness (QED) is 0.921. The zero-order chi connectivity index (χ0) is 13.2. The molecule has 1 aliphatic carbocycles. The van der Waals surface area contributed by atoms with E-state index in [1.807, 2.05) is 19.1 Å². The van der Waals surface area contributed by atoms with Crippen molar-refractivity contribution < 1.29 is 0 Å². The third-order valence-electron chi connectivity index (χ3n) is 4.13. The highest BCUT2D eigenvalue weighted by Gasteiger charge is 2.20. The first-order valence-electron chi connectivity index (χ1n) is 7.22. The summed E-state index contributed by atoms with van der Waals surface area (Å²) in [7, 11) is 0. The predicted octanol–water partition coefficient (Wildman–Crippen LogP) is 2.81. The van der Waals surface area contributed by atoms with Crippen molar-refractivity contribution in [2.45, 2.75) is 52.0 Å². The van der Waals surface area contributed by atoms with Gasteiger partial charge in [0.15, 0.2) is 11.5 Å². The fraction of sp³-hybridized carbons (Fsp3) is 0.643. The van der Waals surface area contributed by atoms with Gasteiger partial charge in [-0.25, -0.2) is 0 Å². The van der Waals surface area contributed by atoms with E-state index in [1.165, 1.54) is 32.1 Å². The van der Waals surface area contributed by atoms with E-state index >= 15 is 0 Å². The van der Waals surface area contributed by atoms with E-state index in [4.69, 9.17) is 0 Å². The standard InChI is InChI=1S/C14H21N5/c1-3-11-5-4-6-12(9-11)15-13-7-8-14-17-16-10(2)19(14)18-13/h7-8,11-12H,3-6,9H2,1-2H3,(H,15,18). The van der Waals surface area contributed by atoms with Gasteiger partial charge in [-0.2, -0.15) is 4.52 Å². The molecule has 5 nitrogen and oxygen atoms in total. The Morgan fingerprint density at radius 2 is 2.21 bits per heavy atom. The number of nitrogens with one attached hydrogen (secondary N) is 1. The van der Waals surface area contributed by atoms with Crippen LogP contribution in [0.3, 0.4) is 0 Å². The van der Waals surface area contributed by atoms with Gasteiger partial charge < -0.3 is 5.32 Å². The molecule has 2 heterocycles. The van der Waals surface area contributed by atoms with E-state index in [-0.39, 0.29) is 0 Å². The molecule has 102 valence electrons. The summed E-state index contributed by atoms with van der Waals surface area (Å²) in [5, 5.41) is 16.2. The van der Waals surface area contributed by atoms with Gasteiger partial charge in [0.1, 0.15) is 5.82 Å². The Bertz CT molecular complexity index is 562. The maximum Gasteiger partial charge on any atom is 0.178 e. The SMILES string of the molecule is CCC1CCCC(Nc2ccc3nnc(C)n3n2)C1. The fourth-order valence-corrected chi connectivity index (χ4v) is 2.98. The Morgan fingerprint density at radius 3 is 3.05 bits per heavy atom. The number of anilines is 1. The molecular weight excluding hydrogens is 238 g/mol. The molecule has 1 fully saturated rings. The van der Waals surface area contributed by atoms with Crippen molar-refractivity contribution in [1.82, 2.24) is 19.8 Å². The van der Waals surface area contributed by atoms with Gasteiger partial charge in [-0.1, -0.05) is 26.2 Å². The maximum absolute atomic E-state index is 4.56. The lowest BCUT2D eigenvalue weighted by atomic mass is 9.84. The summed E-state index contributed by atoms with van der Waals surface area (Å²) in [6, 6.07) is 4.52. The second-order valence-corrected chi connectivity index (χ2v) is 5.52. The van der Waals surface area contributed by atoms with E-state index in [2.05, 4.69) is 27.5 Å². The highest BCUT2D eigenvalue weighted by Crippen LogP contribution is 2.28. The fourth-order valence-electron chi connectivity index (χ4n) is 2.98. The number of aromatic nitrogens is 4. The molecule has 1 N–H and O–H groups in total. The monoisotopic (exact) mass is 259 g/mol. The molecule has 0 spiro atoms. The summed E-state index contributed by atoms with van der Waals surface area (Å²) in [5.41, 5.74) is 0.804. The zero-order valence-electron chi connectivity index (χ0n) is 11.6. The van der Waals surface area contributed by atoms with Crippen molar-refractivity contribution in [3.05, 3.63) is 18.0 Å². The zero-order valence-corrected chi connectivity index (χ0v) is 11.6. The predicted molar refractivity (Wildman–Crippen MR) is 75.2 cm³/mol. The molecule has 19 heavy (non-hydrogen) atoms. The Labute approximate surface area is 113 Å². The topological polar surface area (TPSA) is 55.1 Å². The van der Waals surface area contributed by atoms with Crippen LogP contribution in [0.4, 0.5) is 5.82 Å². The van der Waals surface area contributed by atoms with Gasteiger partial charge >= 0.3 is 0 Å². The first-order valence-corrected chi connectivity index (χ1v) is 7.22. The molecule has 2 aromatic heterocycles. The molecule has 0 aliphatic heterocycles. The van der Waals surface area contributed by atoms with Gasteiger partial charge in [-0.15, -0.1) is 15.3 Å². The third kappa shape index (κ3) is 2.55. The molecule has 2 unspecified atom stereocenters. The molecular formula is C14H21N5. The number of hydrogen-bond acceptors (Lipinski definition) is 4. The molecule has 2 aromatic rings. The van der Waals surface area contributed by atoms with Crippen LogP contribution in [0, 0.1) is 12.8 Å². The summed E-state index contributed by atoms with van der Waals surface area (Å²) in [5.74, 6) is 2.62. The van der Waals surface area contributed by atoms with E-state index < -0.39 is 0 Å². The average molecular weight is 259 g/mol. The average Bonchev–Trinajstić information content (AvgIpc) is 2.80. The van der Waals surface area contributed by atoms with Crippen molar-refractivity contribution in [3.63, 3.8) is 0 Å². The molecule has 3 rings (SSSR count). The summed E-state index contributed by atoms with van der Waals surface area (Å²) in [4.78, 5) is 0. The van der Waals surface area contributed by atoms with Crippen LogP contribution in [0.1, 0.15) is 44.9 Å². The summed E-state index contributed by atoms with van der Waals surface area (Å²) < 4.78 is 1.79.